The van der Waals surface area contributed by atoms with Crippen LogP contribution in [0.25, 0.3) is 0 Å². The van der Waals surface area contributed by atoms with E-state index in [4.69, 9.17) is 20.1 Å². The third-order valence-corrected chi connectivity index (χ3v) is 5.22. The molecular weight excluding hydrogens is 465 g/mol. The maximum atomic E-state index is 14.2. The maximum Gasteiger partial charge on any atom is 0.396 e. The number of piperidine rings is 1. The van der Waals surface area contributed by atoms with Gasteiger partial charge in [-0.25, -0.2) is 8.78 Å². The second-order valence-corrected chi connectivity index (χ2v) is 7.96. The lowest BCUT2D eigenvalue weighted by Crippen LogP contribution is -2.34. The van der Waals surface area contributed by atoms with Crippen molar-refractivity contribution in [2.24, 2.45) is 5.92 Å². The van der Waals surface area contributed by atoms with E-state index < -0.39 is 41.5 Å². The molecule has 13 heteroatoms. The molecule has 1 aliphatic rings. The molecule has 2 N–H and O–H groups in total. The highest BCUT2D eigenvalue weighted by molar-refractivity contribution is 5.99. The molecule has 0 radical (unpaired) electrons. The number of halogens is 5. The number of anilines is 1. The zero-order valence-electron chi connectivity index (χ0n) is 18.3. The van der Waals surface area contributed by atoms with Crippen LogP contribution in [0.3, 0.4) is 0 Å². The molecule has 1 aromatic heterocycles. The Morgan fingerprint density at radius 2 is 1.82 bits per heavy atom. The van der Waals surface area contributed by atoms with Gasteiger partial charge in [0.15, 0.2) is 11.7 Å². The monoisotopic (exact) mass is 489 g/mol. The van der Waals surface area contributed by atoms with E-state index in [0.717, 1.165) is 31.4 Å². The molecule has 8 nitrogen and oxygen atoms in total. The Kier molecular flexibility index (Phi) is 8.05. The predicted molar refractivity (Wildman–Crippen MR) is 111 cm³/mol. The Labute approximate surface area is 192 Å². The largest absolute Gasteiger partial charge is 0.493 e. The van der Waals surface area contributed by atoms with Crippen LogP contribution in [0.2, 0.25) is 0 Å². The van der Waals surface area contributed by atoms with Gasteiger partial charge in [-0.2, -0.15) is 18.2 Å². The van der Waals surface area contributed by atoms with Crippen LogP contribution in [0.4, 0.5) is 28.0 Å². The van der Waals surface area contributed by atoms with E-state index in [9.17, 15) is 22.0 Å². The summed E-state index contributed by atoms with van der Waals surface area (Å²) in [5.41, 5.74) is -0.669. The van der Waals surface area contributed by atoms with Gasteiger partial charge in [0.2, 0.25) is 5.90 Å². The molecule has 0 spiro atoms. The topological polar surface area (TPSA) is 108 Å². The Morgan fingerprint density at radius 1 is 1.18 bits per heavy atom. The molecule has 0 unspecified atom stereocenters. The van der Waals surface area contributed by atoms with Crippen LogP contribution in [0.15, 0.2) is 16.7 Å². The number of hydrogen-bond acceptors (Lipinski definition) is 8. The zero-order valence-corrected chi connectivity index (χ0v) is 18.3. The van der Waals surface area contributed by atoms with Crippen LogP contribution >= 0.6 is 0 Å². The molecule has 3 rings (SSSR count). The second-order valence-electron chi connectivity index (χ2n) is 7.96. The van der Waals surface area contributed by atoms with E-state index in [-0.39, 0.29) is 24.3 Å². The van der Waals surface area contributed by atoms with Crippen molar-refractivity contribution in [1.82, 2.24) is 10.1 Å². The Bertz CT molecular complexity index is 995. The molecule has 0 amide bonds. The summed E-state index contributed by atoms with van der Waals surface area (Å²) in [6.45, 7) is 2.61. The van der Waals surface area contributed by atoms with Crippen molar-refractivity contribution in [1.29, 1.82) is 10.8 Å². The molecular formula is C21H24F5N5O3. The van der Waals surface area contributed by atoms with Gasteiger partial charge in [0.1, 0.15) is 29.4 Å². The van der Waals surface area contributed by atoms with Crippen molar-refractivity contribution < 1.29 is 35.9 Å². The molecule has 0 saturated carbocycles. The normalized spacial score (nSPS) is 14.8. The number of rotatable bonds is 8. The standard InChI is InChI=1S/C21H24F5N5O3/c1-12(27)33-19(28)18-15(22)9-14(10-16(18)23)32-8-2-3-13-4-6-31(7-5-13)20-29-17(30-34-20)11-21(24,25)26/h9-10,13,27-28H,2-8,11H2,1H3. The molecule has 34 heavy (non-hydrogen) atoms. The van der Waals surface area contributed by atoms with Crippen molar-refractivity contribution >= 4 is 17.8 Å². The number of ether oxygens (including phenoxy) is 2. The highest BCUT2D eigenvalue weighted by Crippen LogP contribution is 2.27. The highest BCUT2D eigenvalue weighted by atomic mass is 19.4. The molecule has 2 heterocycles. The maximum absolute atomic E-state index is 14.2. The van der Waals surface area contributed by atoms with Gasteiger partial charge in [-0.1, -0.05) is 5.16 Å². The Hall–Kier alpha value is -3.25. The SMILES string of the molecule is CC(=N)OC(=N)c1c(F)cc(OCCCC2CCN(c3nc(CC(F)(F)F)no3)CC2)cc1F. The van der Waals surface area contributed by atoms with Crippen molar-refractivity contribution in [2.75, 3.05) is 24.6 Å². The first-order valence-corrected chi connectivity index (χ1v) is 10.6. The van der Waals surface area contributed by atoms with Crippen LogP contribution in [0.1, 0.15) is 44.0 Å². The van der Waals surface area contributed by atoms with Crippen molar-refractivity contribution in [2.45, 2.75) is 45.2 Å². The summed E-state index contributed by atoms with van der Waals surface area (Å²) in [7, 11) is 0. The molecule has 0 bridgehead atoms. The van der Waals surface area contributed by atoms with Gasteiger partial charge >= 0.3 is 12.2 Å². The van der Waals surface area contributed by atoms with E-state index in [1.54, 1.807) is 4.90 Å². The van der Waals surface area contributed by atoms with Gasteiger partial charge < -0.3 is 18.9 Å². The second kappa shape index (κ2) is 10.8. The van der Waals surface area contributed by atoms with Crippen LogP contribution in [-0.2, 0) is 11.2 Å². The van der Waals surface area contributed by atoms with Crippen LogP contribution in [0.5, 0.6) is 5.75 Å². The first kappa shape index (κ1) is 25.4. The molecule has 186 valence electrons. The minimum absolute atomic E-state index is 0.0148. The average Bonchev–Trinajstić information content (AvgIpc) is 3.17. The van der Waals surface area contributed by atoms with Crippen LogP contribution < -0.4 is 9.64 Å². The van der Waals surface area contributed by atoms with E-state index in [1.165, 1.54) is 6.92 Å². The summed E-state index contributed by atoms with van der Waals surface area (Å²) < 4.78 is 80.7. The summed E-state index contributed by atoms with van der Waals surface area (Å²) >= 11 is 0. The van der Waals surface area contributed by atoms with Crippen molar-refractivity contribution in [3.8, 4) is 5.75 Å². The fourth-order valence-corrected chi connectivity index (χ4v) is 3.65. The number of aromatic nitrogens is 2. The lowest BCUT2D eigenvalue weighted by Gasteiger charge is -2.30. The van der Waals surface area contributed by atoms with E-state index >= 15 is 0 Å². The minimum Gasteiger partial charge on any atom is -0.493 e. The molecule has 0 aliphatic carbocycles. The van der Waals surface area contributed by atoms with Crippen molar-refractivity contribution in [3.63, 3.8) is 0 Å². The van der Waals surface area contributed by atoms with E-state index in [0.29, 0.717) is 25.4 Å². The summed E-state index contributed by atoms with van der Waals surface area (Å²) in [5, 5.41) is 18.1. The smallest absolute Gasteiger partial charge is 0.396 e. The third-order valence-electron chi connectivity index (χ3n) is 5.22. The van der Waals surface area contributed by atoms with Gasteiger partial charge in [0.05, 0.1) is 6.61 Å². The molecule has 1 aliphatic heterocycles. The first-order valence-electron chi connectivity index (χ1n) is 10.6. The fourth-order valence-electron chi connectivity index (χ4n) is 3.65. The van der Waals surface area contributed by atoms with Gasteiger partial charge in [-0.3, -0.25) is 10.8 Å². The fraction of sp³-hybridized carbons (Fsp3) is 0.524. The number of benzene rings is 1. The van der Waals surface area contributed by atoms with Crippen LogP contribution in [0, 0.1) is 28.4 Å². The van der Waals surface area contributed by atoms with Crippen molar-refractivity contribution in [3.05, 3.63) is 35.2 Å². The Balaban J connectivity index is 1.41. The summed E-state index contributed by atoms with van der Waals surface area (Å²) in [6, 6.07) is 2.01. The molecule has 1 saturated heterocycles. The van der Waals surface area contributed by atoms with Gasteiger partial charge in [0, 0.05) is 32.1 Å². The molecule has 0 atom stereocenters. The number of nitrogens with zero attached hydrogens (tertiary/aromatic N) is 3. The number of nitrogens with one attached hydrogen (secondary N) is 2. The van der Waals surface area contributed by atoms with Gasteiger partial charge in [-0.05, 0) is 31.6 Å². The summed E-state index contributed by atoms with van der Waals surface area (Å²) in [5.74, 6) is -3.25. The quantitative estimate of drug-likeness (QED) is 0.237. The molecule has 1 fully saturated rings. The lowest BCUT2D eigenvalue weighted by molar-refractivity contribution is -0.128. The summed E-state index contributed by atoms with van der Waals surface area (Å²) in [6.07, 6.45) is -2.63. The molecule has 1 aromatic carbocycles. The Morgan fingerprint density at radius 3 is 2.41 bits per heavy atom. The summed E-state index contributed by atoms with van der Waals surface area (Å²) in [4.78, 5) is 5.57. The van der Waals surface area contributed by atoms with E-state index in [1.807, 2.05) is 0 Å². The minimum atomic E-state index is -4.40. The van der Waals surface area contributed by atoms with Gasteiger partial charge in [-0.15, -0.1) is 0 Å². The average molecular weight is 489 g/mol. The molecule has 2 aromatic rings. The lowest BCUT2D eigenvalue weighted by atomic mass is 9.92. The zero-order chi connectivity index (χ0) is 24.9. The first-order chi connectivity index (χ1) is 16.0. The highest BCUT2D eigenvalue weighted by Gasteiger charge is 2.31. The number of alkyl halides is 3. The predicted octanol–water partition coefficient (Wildman–Crippen LogP) is 4.87. The van der Waals surface area contributed by atoms with Crippen LogP contribution in [-0.4, -0.2) is 47.8 Å². The number of hydrogen-bond donors (Lipinski definition) is 2. The third kappa shape index (κ3) is 7.12. The van der Waals surface area contributed by atoms with E-state index in [2.05, 4.69) is 14.9 Å². The van der Waals surface area contributed by atoms with Gasteiger partial charge in [0.25, 0.3) is 0 Å².